The number of benzene rings is 2. The largest absolute Gasteiger partial charge is 0.479 e. The smallest absolute Gasteiger partial charge is 0.344 e. The van der Waals surface area contributed by atoms with Gasteiger partial charge in [-0.1, -0.05) is 43.7 Å². The lowest BCUT2D eigenvalue weighted by atomic mass is 10.0. The monoisotopic (exact) mass is 273 g/mol. The van der Waals surface area contributed by atoms with Gasteiger partial charge < -0.3 is 15.6 Å². The average Bonchev–Trinajstić information content (AvgIpc) is 2.46. The number of carboxylic acid groups (broad SMARTS) is 1. The molecule has 106 valence electrons. The molecule has 2 rings (SSSR count). The van der Waals surface area contributed by atoms with Crippen LogP contribution in [0.5, 0.6) is 5.75 Å². The first-order valence-electron chi connectivity index (χ1n) is 6.77. The Morgan fingerprint density at radius 2 is 2.05 bits per heavy atom. The van der Waals surface area contributed by atoms with Crippen LogP contribution in [0.15, 0.2) is 36.4 Å². The highest BCUT2D eigenvalue weighted by Gasteiger charge is 2.20. The van der Waals surface area contributed by atoms with Gasteiger partial charge in [0.1, 0.15) is 5.75 Å². The number of rotatable bonds is 6. The number of aliphatic carboxylic acids is 1. The predicted octanol–water partition coefficient (Wildman–Crippen LogP) is 2.93. The summed E-state index contributed by atoms with van der Waals surface area (Å²) in [7, 11) is 0. The molecule has 1 unspecified atom stereocenters. The van der Waals surface area contributed by atoms with Crippen LogP contribution in [0.3, 0.4) is 0 Å². The number of nitrogens with two attached hydrogens (primary N) is 1. The highest BCUT2D eigenvalue weighted by atomic mass is 16.5. The summed E-state index contributed by atoms with van der Waals surface area (Å²) >= 11 is 0. The molecule has 1 atom stereocenters. The Kier molecular flexibility index (Phi) is 4.58. The lowest BCUT2D eigenvalue weighted by Crippen LogP contribution is -2.27. The van der Waals surface area contributed by atoms with Gasteiger partial charge in [0.15, 0.2) is 6.10 Å². The molecule has 3 N–H and O–H groups in total. The maximum atomic E-state index is 11.2. The second-order valence-corrected chi connectivity index (χ2v) is 4.70. The van der Waals surface area contributed by atoms with Crippen molar-refractivity contribution in [2.75, 3.05) is 0 Å². The summed E-state index contributed by atoms with van der Waals surface area (Å²) in [5.74, 6) is -0.380. The molecule has 0 aliphatic rings. The first-order valence-corrected chi connectivity index (χ1v) is 6.77. The van der Waals surface area contributed by atoms with Crippen molar-refractivity contribution in [3.05, 3.63) is 42.0 Å². The molecule has 4 heteroatoms. The predicted molar refractivity (Wildman–Crippen MR) is 78.8 cm³/mol. The standard InChI is InChI=1S/C16H19NO3/c1-2-5-15(16(18)19)20-14-9-8-11-6-3-4-7-12(11)13(14)10-17/h3-4,6-9,15H,2,5,10,17H2,1H3,(H,18,19). The van der Waals surface area contributed by atoms with E-state index in [1.165, 1.54) is 0 Å². The molecule has 4 nitrogen and oxygen atoms in total. The lowest BCUT2D eigenvalue weighted by molar-refractivity contribution is -0.145. The molecule has 2 aromatic carbocycles. The fourth-order valence-electron chi connectivity index (χ4n) is 2.29. The molecule has 0 amide bonds. The number of carbonyl (C=O) groups is 1. The zero-order valence-corrected chi connectivity index (χ0v) is 11.5. The number of fused-ring (bicyclic) bond motifs is 1. The van der Waals surface area contributed by atoms with Crippen molar-refractivity contribution in [1.29, 1.82) is 0 Å². The van der Waals surface area contributed by atoms with Crippen LogP contribution in [0.2, 0.25) is 0 Å². The molecule has 0 aliphatic heterocycles. The van der Waals surface area contributed by atoms with Gasteiger partial charge in [-0.25, -0.2) is 4.79 Å². The van der Waals surface area contributed by atoms with Crippen LogP contribution in [0.1, 0.15) is 25.3 Å². The molecule has 0 heterocycles. The summed E-state index contributed by atoms with van der Waals surface area (Å²) in [6.07, 6.45) is 0.403. The average molecular weight is 273 g/mol. The second-order valence-electron chi connectivity index (χ2n) is 4.70. The SMILES string of the molecule is CCCC(Oc1ccc2ccccc2c1CN)C(=O)O. The highest BCUT2D eigenvalue weighted by molar-refractivity contribution is 5.88. The van der Waals surface area contributed by atoms with Gasteiger partial charge in [0.2, 0.25) is 0 Å². The molecular weight excluding hydrogens is 254 g/mol. The van der Waals surface area contributed by atoms with Crippen molar-refractivity contribution in [1.82, 2.24) is 0 Å². The normalized spacial score (nSPS) is 12.3. The van der Waals surface area contributed by atoms with E-state index in [0.717, 1.165) is 22.8 Å². The number of carboxylic acids is 1. The molecule has 0 radical (unpaired) electrons. The number of hydrogen-bond donors (Lipinski definition) is 2. The second kappa shape index (κ2) is 6.39. The Balaban J connectivity index is 2.40. The van der Waals surface area contributed by atoms with Crippen molar-refractivity contribution < 1.29 is 14.6 Å². The van der Waals surface area contributed by atoms with E-state index in [9.17, 15) is 9.90 Å². The Bertz CT molecular complexity index is 610. The van der Waals surface area contributed by atoms with Crippen molar-refractivity contribution in [3.63, 3.8) is 0 Å². The topological polar surface area (TPSA) is 72.5 Å². The van der Waals surface area contributed by atoms with E-state index in [1.807, 2.05) is 37.3 Å². The van der Waals surface area contributed by atoms with E-state index in [2.05, 4.69) is 0 Å². The molecule has 0 spiro atoms. The minimum absolute atomic E-state index is 0.315. The van der Waals surface area contributed by atoms with Crippen LogP contribution in [0.25, 0.3) is 10.8 Å². The Hall–Kier alpha value is -2.07. The van der Waals surface area contributed by atoms with Crippen LogP contribution >= 0.6 is 0 Å². The molecular formula is C16H19NO3. The van der Waals surface area contributed by atoms with E-state index >= 15 is 0 Å². The van der Waals surface area contributed by atoms with Crippen LogP contribution in [-0.2, 0) is 11.3 Å². The van der Waals surface area contributed by atoms with Gasteiger partial charge in [-0.3, -0.25) is 0 Å². The van der Waals surface area contributed by atoms with Gasteiger partial charge in [-0.2, -0.15) is 0 Å². The van der Waals surface area contributed by atoms with Gasteiger partial charge >= 0.3 is 5.97 Å². The zero-order chi connectivity index (χ0) is 14.5. The third-order valence-electron chi connectivity index (χ3n) is 3.30. The van der Waals surface area contributed by atoms with E-state index in [0.29, 0.717) is 18.7 Å². The maximum Gasteiger partial charge on any atom is 0.344 e. The maximum absolute atomic E-state index is 11.2. The van der Waals surface area contributed by atoms with Gasteiger partial charge in [0.05, 0.1) is 0 Å². The first kappa shape index (κ1) is 14.3. The molecule has 0 aromatic heterocycles. The number of hydrogen-bond acceptors (Lipinski definition) is 3. The molecule has 0 saturated heterocycles. The third-order valence-corrected chi connectivity index (χ3v) is 3.30. The van der Waals surface area contributed by atoms with E-state index in [4.69, 9.17) is 10.5 Å². The Morgan fingerprint density at radius 1 is 1.30 bits per heavy atom. The summed E-state index contributed by atoms with van der Waals surface area (Å²) in [5.41, 5.74) is 6.67. The van der Waals surface area contributed by atoms with Crippen LogP contribution in [-0.4, -0.2) is 17.2 Å². The quantitative estimate of drug-likeness (QED) is 0.848. The minimum atomic E-state index is -0.942. The summed E-state index contributed by atoms with van der Waals surface area (Å²) in [4.78, 5) is 11.2. The van der Waals surface area contributed by atoms with Gasteiger partial charge in [0, 0.05) is 12.1 Å². The molecule has 0 saturated carbocycles. The fraction of sp³-hybridized carbons (Fsp3) is 0.312. The van der Waals surface area contributed by atoms with Crippen LogP contribution in [0, 0.1) is 0 Å². The van der Waals surface area contributed by atoms with Gasteiger partial charge in [-0.15, -0.1) is 0 Å². The van der Waals surface area contributed by atoms with Crippen LogP contribution in [0.4, 0.5) is 0 Å². The zero-order valence-electron chi connectivity index (χ0n) is 11.5. The van der Waals surface area contributed by atoms with Crippen molar-refractivity contribution in [2.45, 2.75) is 32.4 Å². The van der Waals surface area contributed by atoms with Crippen molar-refractivity contribution in [3.8, 4) is 5.75 Å². The molecule has 0 fully saturated rings. The summed E-state index contributed by atoms with van der Waals surface area (Å²) in [6.45, 7) is 2.25. The molecule has 20 heavy (non-hydrogen) atoms. The van der Waals surface area contributed by atoms with Crippen molar-refractivity contribution >= 4 is 16.7 Å². The highest BCUT2D eigenvalue weighted by Crippen LogP contribution is 2.29. The summed E-state index contributed by atoms with van der Waals surface area (Å²) in [5, 5.41) is 11.3. The van der Waals surface area contributed by atoms with Crippen molar-refractivity contribution in [2.24, 2.45) is 5.73 Å². The molecule has 2 aromatic rings. The van der Waals surface area contributed by atoms with E-state index in [1.54, 1.807) is 6.07 Å². The Labute approximate surface area is 118 Å². The summed E-state index contributed by atoms with van der Waals surface area (Å²) in [6, 6.07) is 11.6. The van der Waals surface area contributed by atoms with E-state index in [-0.39, 0.29) is 0 Å². The van der Waals surface area contributed by atoms with Crippen LogP contribution < -0.4 is 10.5 Å². The van der Waals surface area contributed by atoms with Gasteiger partial charge in [-0.05, 0) is 23.3 Å². The molecule has 0 bridgehead atoms. The summed E-state index contributed by atoms with van der Waals surface area (Å²) < 4.78 is 5.67. The Morgan fingerprint density at radius 3 is 2.70 bits per heavy atom. The minimum Gasteiger partial charge on any atom is -0.479 e. The lowest BCUT2D eigenvalue weighted by Gasteiger charge is -2.18. The molecule has 0 aliphatic carbocycles. The van der Waals surface area contributed by atoms with E-state index < -0.39 is 12.1 Å². The number of ether oxygens (including phenoxy) is 1. The third kappa shape index (κ3) is 2.91. The fourth-order valence-corrected chi connectivity index (χ4v) is 2.29. The first-order chi connectivity index (χ1) is 9.67. The van der Waals surface area contributed by atoms with Gasteiger partial charge in [0.25, 0.3) is 0 Å².